The molecule has 1 spiro atoms. The number of benzene rings is 1. The van der Waals surface area contributed by atoms with Crippen molar-refractivity contribution in [3.05, 3.63) is 30.1 Å². The van der Waals surface area contributed by atoms with Crippen LogP contribution in [0.1, 0.15) is 39.5 Å². The van der Waals surface area contributed by atoms with Crippen LogP contribution in [0.2, 0.25) is 0 Å². The normalized spacial score (nSPS) is 24.4. The molecule has 0 unspecified atom stereocenters. The maximum atomic E-state index is 13.2. The van der Waals surface area contributed by atoms with Crippen molar-refractivity contribution in [2.75, 3.05) is 25.0 Å². The summed E-state index contributed by atoms with van der Waals surface area (Å²) in [5.41, 5.74) is 0.773. The molecule has 23 heavy (non-hydrogen) atoms. The molecule has 1 N–H and O–H groups in total. The van der Waals surface area contributed by atoms with Gasteiger partial charge in [0.2, 0.25) is 5.91 Å². The maximum absolute atomic E-state index is 13.2. The SMILES string of the molecule is CC[C@H](C)CN1CCC2(CC1)C[C@H]2C(=O)Nc1cccc(F)c1. The van der Waals surface area contributed by atoms with Crippen molar-refractivity contribution in [3.8, 4) is 0 Å². The Morgan fingerprint density at radius 3 is 2.83 bits per heavy atom. The van der Waals surface area contributed by atoms with E-state index in [1.807, 2.05) is 0 Å². The van der Waals surface area contributed by atoms with Gasteiger partial charge in [-0.3, -0.25) is 4.79 Å². The minimum Gasteiger partial charge on any atom is -0.326 e. The zero-order chi connectivity index (χ0) is 16.4. The van der Waals surface area contributed by atoms with E-state index >= 15 is 0 Å². The molecule has 1 aliphatic heterocycles. The Labute approximate surface area is 138 Å². The molecule has 1 saturated carbocycles. The molecule has 2 aliphatic rings. The molecule has 0 aromatic heterocycles. The Kier molecular flexibility index (Phi) is 4.72. The van der Waals surface area contributed by atoms with Crippen LogP contribution in [-0.4, -0.2) is 30.4 Å². The Bertz CT molecular complexity index is 566. The van der Waals surface area contributed by atoms with Crippen molar-refractivity contribution in [2.45, 2.75) is 39.5 Å². The van der Waals surface area contributed by atoms with E-state index < -0.39 is 0 Å². The van der Waals surface area contributed by atoms with Gasteiger partial charge in [0.05, 0.1) is 0 Å². The van der Waals surface area contributed by atoms with Gasteiger partial charge >= 0.3 is 0 Å². The molecule has 3 nitrogen and oxygen atoms in total. The molecule has 1 saturated heterocycles. The van der Waals surface area contributed by atoms with Crippen LogP contribution < -0.4 is 5.32 Å². The average molecular weight is 318 g/mol. The Morgan fingerprint density at radius 1 is 1.43 bits per heavy atom. The number of likely N-dealkylation sites (tertiary alicyclic amines) is 1. The van der Waals surface area contributed by atoms with Gasteiger partial charge in [-0.1, -0.05) is 26.3 Å². The van der Waals surface area contributed by atoms with Crippen molar-refractivity contribution in [2.24, 2.45) is 17.3 Å². The first-order valence-corrected chi connectivity index (χ1v) is 8.81. The summed E-state index contributed by atoms with van der Waals surface area (Å²) < 4.78 is 13.2. The Morgan fingerprint density at radius 2 is 2.17 bits per heavy atom. The second-order valence-electron chi connectivity index (χ2n) is 7.43. The van der Waals surface area contributed by atoms with Crippen LogP contribution in [0.5, 0.6) is 0 Å². The lowest BCUT2D eigenvalue weighted by molar-refractivity contribution is -0.118. The van der Waals surface area contributed by atoms with Crippen LogP contribution >= 0.6 is 0 Å². The van der Waals surface area contributed by atoms with Crippen molar-refractivity contribution < 1.29 is 9.18 Å². The molecule has 1 heterocycles. The maximum Gasteiger partial charge on any atom is 0.228 e. The van der Waals surface area contributed by atoms with E-state index in [2.05, 4.69) is 24.1 Å². The molecular weight excluding hydrogens is 291 g/mol. The van der Waals surface area contributed by atoms with E-state index in [4.69, 9.17) is 0 Å². The second kappa shape index (κ2) is 6.60. The highest BCUT2D eigenvalue weighted by Gasteiger charge is 2.58. The first kappa shape index (κ1) is 16.4. The summed E-state index contributed by atoms with van der Waals surface area (Å²) in [6.45, 7) is 7.93. The Balaban J connectivity index is 1.50. The fourth-order valence-electron chi connectivity index (χ4n) is 3.82. The van der Waals surface area contributed by atoms with Gasteiger partial charge in [-0.05, 0) is 61.9 Å². The van der Waals surface area contributed by atoms with Crippen LogP contribution in [0, 0.1) is 23.1 Å². The van der Waals surface area contributed by atoms with Crippen molar-refractivity contribution in [1.82, 2.24) is 4.90 Å². The lowest BCUT2D eigenvalue weighted by atomic mass is 9.90. The topological polar surface area (TPSA) is 32.3 Å². The molecule has 1 aromatic rings. The number of nitrogens with zero attached hydrogens (tertiary/aromatic N) is 1. The summed E-state index contributed by atoms with van der Waals surface area (Å²) in [6, 6.07) is 6.13. The molecule has 2 fully saturated rings. The minimum atomic E-state index is -0.313. The van der Waals surface area contributed by atoms with E-state index in [9.17, 15) is 9.18 Å². The Hall–Kier alpha value is -1.42. The fraction of sp³-hybridized carbons (Fsp3) is 0.632. The van der Waals surface area contributed by atoms with Gasteiger partial charge in [0, 0.05) is 18.2 Å². The number of anilines is 1. The van der Waals surface area contributed by atoms with E-state index in [-0.39, 0.29) is 23.1 Å². The zero-order valence-electron chi connectivity index (χ0n) is 14.1. The molecule has 2 atom stereocenters. The number of hydrogen-bond donors (Lipinski definition) is 1. The lowest BCUT2D eigenvalue weighted by Gasteiger charge is -2.34. The standard InChI is InChI=1S/C19H27FN2O/c1-3-14(2)13-22-9-7-19(8-10-22)12-17(19)18(23)21-16-6-4-5-15(20)11-16/h4-6,11,14,17H,3,7-10,12-13H2,1-2H3,(H,21,23)/t14-,17-/m0/s1. The number of nitrogens with one attached hydrogen (secondary N) is 1. The summed E-state index contributed by atoms with van der Waals surface area (Å²) in [4.78, 5) is 15.0. The van der Waals surface area contributed by atoms with Crippen LogP contribution in [0.15, 0.2) is 24.3 Å². The molecule has 126 valence electrons. The minimum absolute atomic E-state index is 0.0611. The zero-order valence-corrected chi connectivity index (χ0v) is 14.1. The van der Waals surface area contributed by atoms with Gasteiger partial charge in [0.15, 0.2) is 0 Å². The molecule has 4 heteroatoms. The number of piperidine rings is 1. The number of amides is 1. The van der Waals surface area contributed by atoms with Gasteiger partial charge < -0.3 is 10.2 Å². The van der Waals surface area contributed by atoms with Crippen LogP contribution in [-0.2, 0) is 4.79 Å². The molecule has 3 rings (SSSR count). The van der Waals surface area contributed by atoms with Gasteiger partial charge in [-0.15, -0.1) is 0 Å². The van der Waals surface area contributed by atoms with E-state index in [0.717, 1.165) is 38.3 Å². The van der Waals surface area contributed by atoms with Gasteiger partial charge in [-0.25, -0.2) is 4.39 Å². The largest absolute Gasteiger partial charge is 0.326 e. The van der Waals surface area contributed by atoms with Gasteiger partial charge in [0.25, 0.3) is 0 Å². The smallest absolute Gasteiger partial charge is 0.228 e. The molecule has 0 bridgehead atoms. The molecule has 1 aliphatic carbocycles. The third-order valence-electron chi connectivity index (χ3n) is 5.72. The van der Waals surface area contributed by atoms with E-state index in [0.29, 0.717) is 5.69 Å². The van der Waals surface area contributed by atoms with Gasteiger partial charge in [-0.2, -0.15) is 0 Å². The monoisotopic (exact) mass is 318 g/mol. The highest BCUT2D eigenvalue weighted by atomic mass is 19.1. The number of hydrogen-bond acceptors (Lipinski definition) is 2. The van der Waals surface area contributed by atoms with E-state index in [1.165, 1.54) is 25.1 Å². The van der Waals surface area contributed by atoms with Crippen molar-refractivity contribution in [1.29, 1.82) is 0 Å². The first-order valence-electron chi connectivity index (χ1n) is 8.81. The van der Waals surface area contributed by atoms with Gasteiger partial charge in [0.1, 0.15) is 5.82 Å². The third kappa shape index (κ3) is 3.74. The second-order valence-corrected chi connectivity index (χ2v) is 7.43. The van der Waals surface area contributed by atoms with Crippen LogP contribution in [0.25, 0.3) is 0 Å². The third-order valence-corrected chi connectivity index (χ3v) is 5.72. The first-order chi connectivity index (χ1) is 11.0. The lowest BCUT2D eigenvalue weighted by Crippen LogP contribution is -2.38. The highest BCUT2D eigenvalue weighted by molar-refractivity contribution is 5.95. The summed E-state index contributed by atoms with van der Waals surface area (Å²) in [5.74, 6) is 0.601. The van der Waals surface area contributed by atoms with Crippen LogP contribution in [0.4, 0.5) is 10.1 Å². The summed E-state index contributed by atoms with van der Waals surface area (Å²) in [5, 5.41) is 2.88. The van der Waals surface area contributed by atoms with Crippen molar-refractivity contribution in [3.63, 3.8) is 0 Å². The number of carbonyl (C=O) groups is 1. The average Bonchev–Trinajstić information content (AvgIpc) is 3.24. The fourth-order valence-corrected chi connectivity index (χ4v) is 3.82. The van der Waals surface area contributed by atoms with Crippen molar-refractivity contribution >= 4 is 11.6 Å². The number of halogens is 1. The molecular formula is C19H27FN2O. The summed E-state index contributed by atoms with van der Waals surface area (Å²) >= 11 is 0. The van der Waals surface area contributed by atoms with Crippen LogP contribution in [0.3, 0.4) is 0 Å². The molecule has 1 aromatic carbocycles. The molecule has 1 amide bonds. The van der Waals surface area contributed by atoms with E-state index in [1.54, 1.807) is 12.1 Å². The summed E-state index contributed by atoms with van der Waals surface area (Å²) in [6.07, 6.45) is 4.45. The summed E-state index contributed by atoms with van der Waals surface area (Å²) in [7, 11) is 0. The predicted molar refractivity (Wildman–Crippen MR) is 90.7 cm³/mol. The highest BCUT2D eigenvalue weighted by Crippen LogP contribution is 2.59. The number of carbonyl (C=O) groups excluding carboxylic acids is 1. The number of rotatable bonds is 5. The quantitative estimate of drug-likeness (QED) is 0.892. The molecule has 0 radical (unpaired) electrons. The predicted octanol–water partition coefficient (Wildman–Crippen LogP) is 3.91.